The highest BCUT2D eigenvalue weighted by atomic mass is 16.5. The van der Waals surface area contributed by atoms with Crippen molar-refractivity contribution in [1.82, 2.24) is 9.80 Å². The Labute approximate surface area is 190 Å². The summed E-state index contributed by atoms with van der Waals surface area (Å²) in [6, 6.07) is 17.4. The van der Waals surface area contributed by atoms with Gasteiger partial charge < -0.3 is 14.5 Å². The number of carbonyl (C=O) groups excluding carboxylic acids is 2. The van der Waals surface area contributed by atoms with Gasteiger partial charge >= 0.3 is 0 Å². The van der Waals surface area contributed by atoms with Gasteiger partial charge in [-0.1, -0.05) is 36.4 Å². The zero-order valence-corrected chi connectivity index (χ0v) is 18.6. The number of carbonyl (C=O) groups is 2. The van der Waals surface area contributed by atoms with E-state index >= 15 is 0 Å². The second-order valence-electron chi connectivity index (χ2n) is 8.73. The lowest BCUT2D eigenvalue weighted by molar-refractivity contribution is -0.127. The van der Waals surface area contributed by atoms with E-state index in [9.17, 15) is 9.59 Å². The molecule has 5 heteroatoms. The summed E-state index contributed by atoms with van der Waals surface area (Å²) in [6.07, 6.45) is 8.92. The summed E-state index contributed by atoms with van der Waals surface area (Å²) >= 11 is 0. The van der Waals surface area contributed by atoms with E-state index in [2.05, 4.69) is 0 Å². The van der Waals surface area contributed by atoms with Crippen LogP contribution in [0.3, 0.4) is 0 Å². The molecule has 2 aliphatic rings. The van der Waals surface area contributed by atoms with Crippen LogP contribution in [0.25, 0.3) is 6.08 Å². The van der Waals surface area contributed by atoms with Crippen molar-refractivity contribution in [2.75, 3.05) is 32.8 Å². The Bertz CT molecular complexity index is 935. The first-order chi connectivity index (χ1) is 15.7. The number of hydrogen-bond donors (Lipinski definition) is 0. The number of ether oxygens (including phenoxy) is 1. The molecule has 5 nitrogen and oxygen atoms in total. The van der Waals surface area contributed by atoms with Crippen LogP contribution < -0.4 is 4.74 Å². The van der Waals surface area contributed by atoms with Gasteiger partial charge in [-0.15, -0.1) is 0 Å². The second kappa shape index (κ2) is 11.0. The summed E-state index contributed by atoms with van der Waals surface area (Å²) in [4.78, 5) is 29.2. The highest BCUT2D eigenvalue weighted by Crippen LogP contribution is 2.21. The van der Waals surface area contributed by atoms with Crippen LogP contribution in [-0.4, -0.2) is 54.4 Å². The standard InChI is InChI=1S/C27H32N2O3/c30-26(15-14-22-9-3-1-4-10-22)29-18-8-11-23(20-29)21-32-25-13-7-12-24(19-25)27(31)28-16-5-2-6-17-28/h1,3-4,7,9-10,12-15,19,23H,2,5-6,8,11,16-18,20-21H2. The molecule has 2 heterocycles. The molecule has 4 rings (SSSR count). The van der Waals surface area contributed by atoms with Gasteiger partial charge in [-0.05, 0) is 61.9 Å². The highest BCUT2D eigenvalue weighted by molar-refractivity contribution is 5.94. The van der Waals surface area contributed by atoms with Gasteiger partial charge in [0, 0.05) is 43.7 Å². The van der Waals surface area contributed by atoms with Crippen molar-refractivity contribution in [3.63, 3.8) is 0 Å². The van der Waals surface area contributed by atoms with E-state index in [1.165, 1.54) is 6.42 Å². The molecule has 1 atom stereocenters. The van der Waals surface area contributed by atoms with Crippen LogP contribution in [0.2, 0.25) is 0 Å². The largest absolute Gasteiger partial charge is 0.493 e. The molecule has 1 unspecified atom stereocenters. The van der Waals surface area contributed by atoms with Gasteiger partial charge in [0.25, 0.3) is 5.91 Å². The fourth-order valence-electron chi connectivity index (χ4n) is 4.45. The second-order valence-corrected chi connectivity index (χ2v) is 8.73. The van der Waals surface area contributed by atoms with E-state index in [1.54, 1.807) is 6.08 Å². The first-order valence-corrected chi connectivity index (χ1v) is 11.7. The zero-order chi connectivity index (χ0) is 22.2. The van der Waals surface area contributed by atoms with Gasteiger partial charge in [-0.25, -0.2) is 0 Å². The quantitative estimate of drug-likeness (QED) is 0.625. The Morgan fingerprint density at radius 1 is 0.906 bits per heavy atom. The van der Waals surface area contributed by atoms with Gasteiger partial charge in [0.2, 0.25) is 5.91 Å². The average Bonchev–Trinajstić information content (AvgIpc) is 2.87. The topological polar surface area (TPSA) is 49.9 Å². The zero-order valence-electron chi connectivity index (χ0n) is 18.6. The SMILES string of the molecule is O=C(C=Cc1ccccc1)N1CCCC(COc2cccc(C(=O)N3CCCCC3)c2)C1. The summed E-state index contributed by atoms with van der Waals surface area (Å²) in [5, 5.41) is 0. The monoisotopic (exact) mass is 432 g/mol. The van der Waals surface area contributed by atoms with Gasteiger partial charge in [0.15, 0.2) is 0 Å². The highest BCUT2D eigenvalue weighted by Gasteiger charge is 2.23. The number of piperidine rings is 2. The Balaban J connectivity index is 1.29. The van der Waals surface area contributed by atoms with Crippen LogP contribution >= 0.6 is 0 Å². The van der Waals surface area contributed by atoms with Crippen LogP contribution in [0.5, 0.6) is 5.75 Å². The number of hydrogen-bond acceptors (Lipinski definition) is 3. The third-order valence-corrected chi connectivity index (χ3v) is 6.26. The van der Waals surface area contributed by atoms with E-state index < -0.39 is 0 Å². The molecule has 0 aliphatic carbocycles. The van der Waals surface area contributed by atoms with Crippen molar-refractivity contribution in [3.8, 4) is 5.75 Å². The van der Waals surface area contributed by atoms with Crippen molar-refractivity contribution in [3.05, 3.63) is 71.8 Å². The normalized spacial score (nSPS) is 19.2. The molecule has 2 aromatic carbocycles. The molecule has 32 heavy (non-hydrogen) atoms. The maximum Gasteiger partial charge on any atom is 0.253 e. The Kier molecular flexibility index (Phi) is 7.59. The molecule has 0 radical (unpaired) electrons. The lowest BCUT2D eigenvalue weighted by Gasteiger charge is -2.32. The van der Waals surface area contributed by atoms with Crippen LogP contribution in [0, 0.1) is 5.92 Å². The average molecular weight is 433 g/mol. The van der Waals surface area contributed by atoms with Crippen LogP contribution in [0.4, 0.5) is 0 Å². The molecular formula is C27H32N2O3. The van der Waals surface area contributed by atoms with Crippen LogP contribution in [0.1, 0.15) is 48.0 Å². The molecule has 2 aliphatic heterocycles. The molecule has 2 fully saturated rings. The first-order valence-electron chi connectivity index (χ1n) is 11.7. The molecule has 0 aromatic heterocycles. The lowest BCUT2D eigenvalue weighted by atomic mass is 9.99. The number of likely N-dealkylation sites (tertiary alicyclic amines) is 2. The molecule has 2 saturated heterocycles. The molecule has 2 aromatic rings. The fourth-order valence-corrected chi connectivity index (χ4v) is 4.45. The predicted molar refractivity (Wildman–Crippen MR) is 126 cm³/mol. The minimum absolute atomic E-state index is 0.0488. The number of nitrogens with zero attached hydrogens (tertiary/aromatic N) is 2. The summed E-state index contributed by atoms with van der Waals surface area (Å²) in [6.45, 7) is 3.72. The van der Waals surface area contributed by atoms with Gasteiger partial charge in [-0.3, -0.25) is 9.59 Å². The van der Waals surface area contributed by atoms with E-state index in [0.717, 1.165) is 56.6 Å². The maximum atomic E-state index is 12.8. The summed E-state index contributed by atoms with van der Waals surface area (Å²) in [7, 11) is 0. The third-order valence-electron chi connectivity index (χ3n) is 6.26. The molecule has 0 bridgehead atoms. The third kappa shape index (κ3) is 6.00. The maximum absolute atomic E-state index is 12.8. The van der Waals surface area contributed by atoms with Crippen molar-refractivity contribution >= 4 is 17.9 Å². The molecule has 2 amide bonds. The van der Waals surface area contributed by atoms with Gasteiger partial charge in [0.05, 0.1) is 6.61 Å². The molecule has 168 valence electrons. The summed E-state index contributed by atoms with van der Waals surface area (Å²) in [5.74, 6) is 1.15. The van der Waals surface area contributed by atoms with Crippen LogP contribution in [-0.2, 0) is 4.79 Å². The molecule has 0 saturated carbocycles. The first kappa shape index (κ1) is 22.1. The fraction of sp³-hybridized carbons (Fsp3) is 0.407. The van der Waals surface area contributed by atoms with Crippen molar-refractivity contribution < 1.29 is 14.3 Å². The minimum atomic E-state index is 0.0488. The van der Waals surface area contributed by atoms with Crippen LogP contribution in [0.15, 0.2) is 60.7 Å². The van der Waals surface area contributed by atoms with E-state index in [4.69, 9.17) is 4.74 Å². The lowest BCUT2D eigenvalue weighted by Crippen LogP contribution is -2.40. The minimum Gasteiger partial charge on any atom is -0.493 e. The molecule has 0 spiro atoms. The Hall–Kier alpha value is -3.08. The summed E-state index contributed by atoms with van der Waals surface area (Å²) in [5.41, 5.74) is 1.72. The molecule has 0 N–H and O–H groups in total. The Morgan fingerprint density at radius 3 is 2.50 bits per heavy atom. The van der Waals surface area contributed by atoms with E-state index in [1.807, 2.05) is 70.5 Å². The number of benzene rings is 2. The van der Waals surface area contributed by atoms with E-state index in [-0.39, 0.29) is 11.8 Å². The van der Waals surface area contributed by atoms with E-state index in [0.29, 0.717) is 24.6 Å². The number of rotatable bonds is 6. The smallest absolute Gasteiger partial charge is 0.253 e. The van der Waals surface area contributed by atoms with Gasteiger partial charge in [0.1, 0.15) is 5.75 Å². The van der Waals surface area contributed by atoms with Crippen molar-refractivity contribution in [2.24, 2.45) is 5.92 Å². The van der Waals surface area contributed by atoms with Crippen molar-refractivity contribution in [2.45, 2.75) is 32.1 Å². The Morgan fingerprint density at radius 2 is 1.69 bits per heavy atom. The van der Waals surface area contributed by atoms with Crippen molar-refractivity contribution in [1.29, 1.82) is 0 Å². The number of amides is 2. The predicted octanol–water partition coefficient (Wildman–Crippen LogP) is 4.64. The van der Waals surface area contributed by atoms with Gasteiger partial charge in [-0.2, -0.15) is 0 Å². The summed E-state index contributed by atoms with van der Waals surface area (Å²) < 4.78 is 6.05. The molecular weight excluding hydrogens is 400 g/mol.